The van der Waals surface area contributed by atoms with E-state index in [0.717, 1.165) is 48.7 Å². The lowest BCUT2D eigenvalue weighted by atomic mass is 10.2. The third-order valence-electron chi connectivity index (χ3n) is 8.66. The number of fused-ring (bicyclic) bond motifs is 1. The molecule has 238 valence electrons. The van der Waals surface area contributed by atoms with Gasteiger partial charge < -0.3 is 34.7 Å². The quantitative estimate of drug-likeness (QED) is 0.150. The highest BCUT2D eigenvalue weighted by Gasteiger charge is 2.41. The van der Waals surface area contributed by atoms with Gasteiger partial charge in [0.25, 0.3) is 5.56 Å². The van der Waals surface area contributed by atoms with Gasteiger partial charge in [-0.3, -0.25) is 4.79 Å². The zero-order chi connectivity index (χ0) is 31.9. The average molecular weight is 621 g/mol. The molecule has 11 heteroatoms. The van der Waals surface area contributed by atoms with Gasteiger partial charge >= 0.3 is 0 Å². The summed E-state index contributed by atoms with van der Waals surface area (Å²) in [5, 5.41) is 13.0. The van der Waals surface area contributed by atoms with Crippen LogP contribution in [0.3, 0.4) is 0 Å². The number of aliphatic hydroxyl groups is 1. The normalized spacial score (nSPS) is 14.4. The minimum atomic E-state index is -1.98. The topological polar surface area (TPSA) is 116 Å². The molecule has 0 amide bonds. The Morgan fingerprint density at radius 2 is 1.73 bits per heavy atom. The van der Waals surface area contributed by atoms with Crippen LogP contribution in [0.5, 0.6) is 5.75 Å². The first-order valence-corrected chi connectivity index (χ1v) is 17.9. The first-order valence-electron chi connectivity index (χ1n) is 15.6. The zero-order valence-electron chi connectivity index (χ0n) is 27.2. The van der Waals surface area contributed by atoms with E-state index in [-0.39, 0.29) is 18.8 Å². The standard InChI is InChI=1S/C33H48N6O4Si/c1-23(2)44(24(3)4,25(5)6)19-10-26-20-31(41)36-32-28(26)22-34-33(37-32)35-27-8-9-29(39-13-11-38(7)12-14-39)30(21-27)43-18-17-42-16-15-40/h8-9,20-25,40H,11-18H2,1-7H3,(H2,34,35,36,37,41). The van der Waals surface area contributed by atoms with Gasteiger partial charge in [0.1, 0.15) is 26.1 Å². The van der Waals surface area contributed by atoms with E-state index in [1.807, 2.05) is 18.2 Å². The molecule has 0 bridgehead atoms. The molecule has 0 spiro atoms. The Morgan fingerprint density at radius 3 is 2.39 bits per heavy atom. The van der Waals surface area contributed by atoms with Crippen LogP contribution in [-0.4, -0.2) is 92.7 Å². The highest BCUT2D eigenvalue weighted by molar-refractivity contribution is 6.90. The Morgan fingerprint density at radius 1 is 1.02 bits per heavy atom. The fourth-order valence-corrected chi connectivity index (χ4v) is 11.5. The molecule has 3 heterocycles. The Hall–Kier alpha value is -3.43. The van der Waals surface area contributed by atoms with Gasteiger partial charge in [-0.25, -0.2) is 4.98 Å². The number of hydrogen-bond donors (Lipinski definition) is 3. The van der Waals surface area contributed by atoms with Crippen LogP contribution in [0.2, 0.25) is 16.6 Å². The summed E-state index contributed by atoms with van der Waals surface area (Å²) >= 11 is 0. The largest absolute Gasteiger partial charge is 0.489 e. The van der Waals surface area contributed by atoms with Crippen molar-refractivity contribution in [2.24, 2.45) is 0 Å². The van der Waals surface area contributed by atoms with Crippen molar-refractivity contribution in [1.29, 1.82) is 0 Å². The van der Waals surface area contributed by atoms with Crippen LogP contribution >= 0.6 is 0 Å². The van der Waals surface area contributed by atoms with Crippen LogP contribution in [0.4, 0.5) is 17.3 Å². The minimum absolute atomic E-state index is 0.0205. The Labute approximate surface area is 262 Å². The van der Waals surface area contributed by atoms with Crippen molar-refractivity contribution >= 4 is 36.4 Å². The molecule has 0 unspecified atom stereocenters. The molecule has 1 aliphatic heterocycles. The first kappa shape index (κ1) is 33.5. The van der Waals surface area contributed by atoms with E-state index in [4.69, 9.17) is 14.6 Å². The maximum atomic E-state index is 12.7. The molecule has 3 aromatic rings. The van der Waals surface area contributed by atoms with E-state index in [0.29, 0.717) is 47.0 Å². The van der Waals surface area contributed by atoms with Gasteiger partial charge in [-0.1, -0.05) is 47.5 Å². The maximum absolute atomic E-state index is 12.7. The lowest BCUT2D eigenvalue weighted by Crippen LogP contribution is -2.44. The van der Waals surface area contributed by atoms with Gasteiger partial charge in [0.2, 0.25) is 5.95 Å². The zero-order valence-corrected chi connectivity index (χ0v) is 28.2. The number of aliphatic hydroxyl groups excluding tert-OH is 1. The molecule has 0 aliphatic carbocycles. The number of hydrogen-bond acceptors (Lipinski definition) is 9. The second kappa shape index (κ2) is 15.0. The van der Waals surface area contributed by atoms with Gasteiger partial charge in [-0.05, 0) is 35.8 Å². The number of pyridine rings is 1. The number of nitrogens with zero attached hydrogens (tertiary/aromatic N) is 4. The molecule has 2 aromatic heterocycles. The summed E-state index contributed by atoms with van der Waals surface area (Å²) in [5.74, 6) is 4.49. The summed E-state index contributed by atoms with van der Waals surface area (Å²) in [4.78, 5) is 29.4. The molecule has 1 aromatic carbocycles. The number of piperazine rings is 1. The minimum Gasteiger partial charge on any atom is -0.489 e. The molecule has 4 rings (SSSR count). The molecular formula is C33H48N6O4Si. The summed E-state index contributed by atoms with van der Waals surface area (Å²) < 4.78 is 11.5. The Kier molecular flexibility index (Phi) is 11.4. The smallest absolute Gasteiger partial charge is 0.250 e. The van der Waals surface area contributed by atoms with Crippen molar-refractivity contribution in [2.45, 2.75) is 58.2 Å². The fourth-order valence-electron chi connectivity index (χ4n) is 6.33. The van der Waals surface area contributed by atoms with Crippen LogP contribution in [-0.2, 0) is 4.74 Å². The Balaban J connectivity index is 1.63. The van der Waals surface area contributed by atoms with Crippen molar-refractivity contribution in [3.05, 3.63) is 46.4 Å². The van der Waals surface area contributed by atoms with E-state index in [9.17, 15) is 4.79 Å². The number of rotatable bonds is 12. The second-order valence-electron chi connectivity index (χ2n) is 12.4. The van der Waals surface area contributed by atoms with Crippen LogP contribution in [0.25, 0.3) is 11.0 Å². The highest BCUT2D eigenvalue weighted by atomic mass is 28.3. The number of aromatic amines is 1. The molecule has 44 heavy (non-hydrogen) atoms. The summed E-state index contributed by atoms with van der Waals surface area (Å²) in [6.45, 7) is 18.4. The molecule has 1 aliphatic rings. The maximum Gasteiger partial charge on any atom is 0.250 e. The van der Waals surface area contributed by atoms with Crippen molar-refractivity contribution in [3.63, 3.8) is 0 Å². The number of anilines is 3. The molecular weight excluding hydrogens is 572 g/mol. The Bertz CT molecular complexity index is 1500. The van der Waals surface area contributed by atoms with Crippen LogP contribution < -0.4 is 20.5 Å². The lowest BCUT2D eigenvalue weighted by molar-refractivity contribution is 0.0706. The van der Waals surface area contributed by atoms with Crippen LogP contribution in [0.15, 0.2) is 35.3 Å². The molecule has 1 fully saturated rings. The number of nitrogens with one attached hydrogen (secondary N) is 2. The van der Waals surface area contributed by atoms with E-state index >= 15 is 0 Å². The number of H-pyrrole nitrogens is 1. The van der Waals surface area contributed by atoms with Crippen molar-refractivity contribution < 1.29 is 14.6 Å². The van der Waals surface area contributed by atoms with Gasteiger partial charge in [0.05, 0.1) is 30.9 Å². The predicted octanol–water partition coefficient (Wildman–Crippen LogP) is 4.77. The lowest BCUT2D eigenvalue weighted by Gasteiger charge is -2.38. The van der Waals surface area contributed by atoms with Gasteiger partial charge in [0.15, 0.2) is 0 Å². The van der Waals surface area contributed by atoms with E-state index in [2.05, 4.69) is 90.1 Å². The van der Waals surface area contributed by atoms with Crippen LogP contribution in [0.1, 0.15) is 47.1 Å². The third-order valence-corrected chi connectivity index (χ3v) is 14.9. The van der Waals surface area contributed by atoms with Crippen molar-refractivity contribution in [1.82, 2.24) is 19.9 Å². The van der Waals surface area contributed by atoms with Crippen molar-refractivity contribution in [2.75, 3.05) is 69.9 Å². The molecule has 1 saturated heterocycles. The van der Waals surface area contributed by atoms with E-state index in [1.54, 1.807) is 12.3 Å². The van der Waals surface area contributed by atoms with Crippen LogP contribution in [0, 0.1) is 11.5 Å². The van der Waals surface area contributed by atoms with E-state index < -0.39 is 8.07 Å². The highest BCUT2D eigenvalue weighted by Crippen LogP contribution is 2.41. The SMILES string of the molecule is CC(C)[Si](C#Cc1cc(=O)[nH]c2nc(Nc3ccc(N4CCN(C)CC4)c(OCCOCCO)c3)ncc12)(C(C)C)C(C)C. The van der Waals surface area contributed by atoms with Crippen molar-refractivity contribution in [3.8, 4) is 17.2 Å². The third kappa shape index (κ3) is 7.79. The van der Waals surface area contributed by atoms with Gasteiger partial charge in [0, 0.05) is 55.8 Å². The molecule has 0 radical (unpaired) electrons. The van der Waals surface area contributed by atoms with Gasteiger partial charge in [-0.2, -0.15) is 4.98 Å². The summed E-state index contributed by atoms with van der Waals surface area (Å²) in [6, 6.07) is 7.51. The average Bonchev–Trinajstić information content (AvgIpc) is 2.97. The fraction of sp³-hybridized carbons (Fsp3) is 0.545. The summed E-state index contributed by atoms with van der Waals surface area (Å²) in [7, 11) is 0.146. The number of aromatic nitrogens is 3. The molecule has 0 atom stereocenters. The van der Waals surface area contributed by atoms with Gasteiger partial charge in [-0.15, -0.1) is 5.54 Å². The van der Waals surface area contributed by atoms with E-state index in [1.165, 1.54) is 0 Å². The summed E-state index contributed by atoms with van der Waals surface area (Å²) in [5.41, 5.74) is 7.80. The second-order valence-corrected chi connectivity index (χ2v) is 18.0. The molecule has 10 nitrogen and oxygen atoms in total. The number of ether oxygens (including phenoxy) is 2. The number of likely N-dealkylation sites (N-methyl/N-ethyl adjacent to an activating group) is 1. The molecule has 0 saturated carbocycles. The number of benzene rings is 1. The monoisotopic (exact) mass is 620 g/mol. The summed E-state index contributed by atoms with van der Waals surface area (Å²) in [6.07, 6.45) is 1.72. The molecule has 3 N–H and O–H groups in total. The first-order chi connectivity index (χ1) is 21.0. The predicted molar refractivity (Wildman–Crippen MR) is 181 cm³/mol.